The summed E-state index contributed by atoms with van der Waals surface area (Å²) in [5.41, 5.74) is 2.37. The van der Waals surface area contributed by atoms with Gasteiger partial charge in [-0.3, -0.25) is 4.98 Å². The summed E-state index contributed by atoms with van der Waals surface area (Å²) in [6.07, 6.45) is 1.61. The van der Waals surface area contributed by atoms with Crippen LogP contribution < -0.4 is 0 Å². The van der Waals surface area contributed by atoms with Crippen molar-refractivity contribution in [2.24, 2.45) is 0 Å². The molecule has 0 saturated carbocycles. The SMILES string of the molecule is COC(=O)c1ccnc(C(Br)c2ccccc2)c1. The first kappa shape index (κ1) is 12.8. The highest BCUT2D eigenvalue weighted by Gasteiger charge is 2.14. The first-order valence-electron chi connectivity index (χ1n) is 5.45. The topological polar surface area (TPSA) is 39.2 Å². The number of aromatic nitrogens is 1. The number of esters is 1. The van der Waals surface area contributed by atoms with E-state index in [0.29, 0.717) is 5.56 Å². The molecule has 2 rings (SSSR count). The van der Waals surface area contributed by atoms with Crippen LogP contribution in [0, 0.1) is 0 Å². The van der Waals surface area contributed by atoms with Crippen molar-refractivity contribution in [3.05, 3.63) is 65.5 Å². The number of alkyl halides is 1. The predicted octanol–water partition coefficient (Wildman–Crippen LogP) is 3.35. The summed E-state index contributed by atoms with van der Waals surface area (Å²) in [7, 11) is 1.37. The lowest BCUT2D eigenvalue weighted by atomic mass is 10.1. The third kappa shape index (κ3) is 2.76. The first-order valence-corrected chi connectivity index (χ1v) is 6.37. The van der Waals surface area contributed by atoms with Gasteiger partial charge in [0, 0.05) is 6.20 Å². The van der Waals surface area contributed by atoms with E-state index in [4.69, 9.17) is 4.74 Å². The summed E-state index contributed by atoms with van der Waals surface area (Å²) >= 11 is 3.58. The van der Waals surface area contributed by atoms with E-state index >= 15 is 0 Å². The van der Waals surface area contributed by atoms with Gasteiger partial charge in [-0.25, -0.2) is 4.79 Å². The minimum absolute atomic E-state index is 0.0386. The van der Waals surface area contributed by atoms with E-state index in [1.54, 1.807) is 18.3 Å². The number of rotatable bonds is 3. The van der Waals surface area contributed by atoms with Crippen molar-refractivity contribution in [1.29, 1.82) is 0 Å². The van der Waals surface area contributed by atoms with Crippen LogP contribution in [0.4, 0.5) is 0 Å². The molecular weight excluding hydrogens is 294 g/mol. The Morgan fingerprint density at radius 1 is 1.28 bits per heavy atom. The van der Waals surface area contributed by atoms with Crippen molar-refractivity contribution in [2.45, 2.75) is 4.83 Å². The number of ether oxygens (including phenoxy) is 1. The molecule has 18 heavy (non-hydrogen) atoms. The molecule has 0 saturated heterocycles. The van der Waals surface area contributed by atoms with Crippen molar-refractivity contribution in [1.82, 2.24) is 4.98 Å². The number of carbonyl (C=O) groups excluding carboxylic acids is 1. The molecule has 2 aromatic rings. The third-order valence-electron chi connectivity index (χ3n) is 2.55. The van der Waals surface area contributed by atoms with Gasteiger partial charge in [0.1, 0.15) is 0 Å². The summed E-state index contributed by atoms with van der Waals surface area (Å²) < 4.78 is 4.69. The van der Waals surface area contributed by atoms with Crippen LogP contribution in [0.15, 0.2) is 48.7 Å². The number of methoxy groups -OCH3 is 1. The van der Waals surface area contributed by atoms with Crippen molar-refractivity contribution in [2.75, 3.05) is 7.11 Å². The Labute approximate surface area is 114 Å². The van der Waals surface area contributed by atoms with E-state index < -0.39 is 0 Å². The molecule has 3 nitrogen and oxygen atoms in total. The number of hydrogen-bond donors (Lipinski definition) is 0. The molecule has 92 valence electrons. The van der Waals surface area contributed by atoms with Gasteiger partial charge < -0.3 is 4.74 Å². The summed E-state index contributed by atoms with van der Waals surface area (Å²) in [5.74, 6) is -0.355. The van der Waals surface area contributed by atoms with Gasteiger partial charge in [0.15, 0.2) is 0 Å². The smallest absolute Gasteiger partial charge is 0.337 e. The second kappa shape index (κ2) is 5.78. The van der Waals surface area contributed by atoms with Crippen LogP contribution in [0.3, 0.4) is 0 Å². The monoisotopic (exact) mass is 305 g/mol. The molecule has 0 aliphatic rings. The molecule has 0 bridgehead atoms. The summed E-state index contributed by atoms with van der Waals surface area (Å²) in [6, 6.07) is 13.3. The number of benzene rings is 1. The molecule has 0 N–H and O–H groups in total. The summed E-state index contributed by atoms with van der Waals surface area (Å²) in [6.45, 7) is 0. The Balaban J connectivity index is 2.31. The molecule has 0 fully saturated rings. The zero-order chi connectivity index (χ0) is 13.0. The fourth-order valence-electron chi connectivity index (χ4n) is 1.62. The molecule has 1 heterocycles. The molecule has 0 aliphatic heterocycles. The minimum atomic E-state index is -0.355. The molecule has 1 aromatic carbocycles. The van der Waals surface area contributed by atoms with Crippen LogP contribution in [0.5, 0.6) is 0 Å². The molecule has 0 aliphatic carbocycles. The lowest BCUT2D eigenvalue weighted by Crippen LogP contribution is -2.04. The maximum Gasteiger partial charge on any atom is 0.337 e. The van der Waals surface area contributed by atoms with E-state index in [-0.39, 0.29) is 10.8 Å². The van der Waals surface area contributed by atoms with Gasteiger partial charge in [0.05, 0.1) is 23.2 Å². The number of carbonyl (C=O) groups is 1. The van der Waals surface area contributed by atoms with Gasteiger partial charge >= 0.3 is 5.97 Å². The normalized spacial score (nSPS) is 11.9. The number of halogens is 1. The molecule has 1 atom stereocenters. The fraction of sp³-hybridized carbons (Fsp3) is 0.143. The number of pyridine rings is 1. The van der Waals surface area contributed by atoms with Crippen LogP contribution in [-0.2, 0) is 4.74 Å². The molecule has 1 unspecified atom stereocenters. The highest BCUT2D eigenvalue weighted by Crippen LogP contribution is 2.29. The maximum atomic E-state index is 11.5. The second-order valence-corrected chi connectivity index (χ2v) is 4.65. The van der Waals surface area contributed by atoms with Crippen molar-refractivity contribution in [3.8, 4) is 0 Å². The van der Waals surface area contributed by atoms with E-state index in [1.807, 2.05) is 30.3 Å². The quantitative estimate of drug-likeness (QED) is 0.645. The van der Waals surface area contributed by atoms with Crippen LogP contribution >= 0.6 is 15.9 Å². The minimum Gasteiger partial charge on any atom is -0.465 e. The largest absolute Gasteiger partial charge is 0.465 e. The van der Waals surface area contributed by atoms with Gasteiger partial charge in [-0.05, 0) is 17.7 Å². The molecule has 0 radical (unpaired) electrons. The average Bonchev–Trinajstić information content (AvgIpc) is 2.46. The first-order chi connectivity index (χ1) is 8.72. The molecule has 4 heteroatoms. The Morgan fingerprint density at radius 2 is 2.00 bits per heavy atom. The summed E-state index contributed by atoms with van der Waals surface area (Å²) in [4.78, 5) is 15.7. The van der Waals surface area contributed by atoms with Crippen LogP contribution in [-0.4, -0.2) is 18.1 Å². The third-order valence-corrected chi connectivity index (χ3v) is 3.55. The zero-order valence-electron chi connectivity index (χ0n) is 9.84. The standard InChI is InChI=1S/C14H12BrNO2/c1-18-14(17)11-7-8-16-12(9-11)13(15)10-5-3-2-4-6-10/h2-9,13H,1H3. The molecule has 0 amide bonds. The van der Waals surface area contributed by atoms with E-state index in [9.17, 15) is 4.79 Å². The number of hydrogen-bond acceptors (Lipinski definition) is 3. The van der Waals surface area contributed by atoms with Crippen molar-refractivity contribution in [3.63, 3.8) is 0 Å². The highest BCUT2D eigenvalue weighted by molar-refractivity contribution is 9.09. The lowest BCUT2D eigenvalue weighted by molar-refractivity contribution is 0.0600. The average molecular weight is 306 g/mol. The Morgan fingerprint density at radius 3 is 2.67 bits per heavy atom. The predicted molar refractivity (Wildman–Crippen MR) is 72.8 cm³/mol. The molecular formula is C14H12BrNO2. The molecule has 1 aromatic heterocycles. The Hall–Kier alpha value is -1.68. The lowest BCUT2D eigenvalue weighted by Gasteiger charge is -2.10. The Bertz CT molecular complexity index is 543. The van der Waals surface area contributed by atoms with Gasteiger partial charge in [0.25, 0.3) is 0 Å². The maximum absolute atomic E-state index is 11.5. The van der Waals surface area contributed by atoms with Crippen LogP contribution in [0.2, 0.25) is 0 Å². The second-order valence-electron chi connectivity index (χ2n) is 3.73. The van der Waals surface area contributed by atoms with E-state index in [2.05, 4.69) is 20.9 Å². The van der Waals surface area contributed by atoms with Gasteiger partial charge in [-0.15, -0.1) is 0 Å². The molecule has 0 spiro atoms. The van der Waals surface area contributed by atoms with E-state index in [0.717, 1.165) is 11.3 Å². The number of nitrogens with zero attached hydrogens (tertiary/aromatic N) is 1. The van der Waals surface area contributed by atoms with Gasteiger partial charge in [-0.1, -0.05) is 46.3 Å². The van der Waals surface area contributed by atoms with Crippen molar-refractivity contribution >= 4 is 21.9 Å². The highest BCUT2D eigenvalue weighted by atomic mass is 79.9. The Kier molecular flexibility index (Phi) is 4.10. The van der Waals surface area contributed by atoms with Crippen LogP contribution in [0.25, 0.3) is 0 Å². The fourth-order valence-corrected chi connectivity index (χ4v) is 2.18. The van der Waals surface area contributed by atoms with Gasteiger partial charge in [-0.2, -0.15) is 0 Å². The van der Waals surface area contributed by atoms with Gasteiger partial charge in [0.2, 0.25) is 0 Å². The zero-order valence-corrected chi connectivity index (χ0v) is 11.4. The summed E-state index contributed by atoms with van der Waals surface area (Å²) in [5, 5.41) is 0. The van der Waals surface area contributed by atoms with Crippen molar-refractivity contribution < 1.29 is 9.53 Å². The van der Waals surface area contributed by atoms with E-state index in [1.165, 1.54) is 7.11 Å². The van der Waals surface area contributed by atoms with Crippen LogP contribution in [0.1, 0.15) is 26.4 Å².